The second-order valence-electron chi connectivity index (χ2n) is 3.35. The number of allylic oxidation sites excluding steroid dienone is 1. The van der Waals surface area contributed by atoms with E-state index in [4.69, 9.17) is 4.74 Å². The Morgan fingerprint density at radius 3 is 2.71 bits per heavy atom. The van der Waals surface area contributed by atoms with Crippen LogP contribution in [-0.4, -0.2) is 26.4 Å². The molecule has 1 aliphatic rings. The lowest BCUT2D eigenvalue weighted by molar-refractivity contribution is -0.113. The molecule has 17 heavy (non-hydrogen) atoms. The Kier molecular flexibility index (Phi) is 2.63. The van der Waals surface area contributed by atoms with Gasteiger partial charge in [0.05, 0.1) is 12.0 Å². The van der Waals surface area contributed by atoms with Gasteiger partial charge in [0.25, 0.3) is 10.0 Å². The number of carbonyl (C=O) groups excluding carboxylic acids is 1. The predicted octanol–water partition coefficient (Wildman–Crippen LogP) is 0.864. The number of thiophene rings is 1. The monoisotopic (exact) mass is 275 g/mol. The lowest BCUT2D eigenvalue weighted by atomic mass is 10.2. The Bertz CT molecular complexity index is 626. The highest BCUT2D eigenvalue weighted by molar-refractivity contribution is 7.90. The van der Waals surface area contributed by atoms with Crippen molar-refractivity contribution >= 4 is 32.9 Å². The van der Waals surface area contributed by atoms with Crippen molar-refractivity contribution in [1.82, 2.24) is 4.72 Å². The molecule has 6 nitrogen and oxygen atoms in total. The fraction of sp³-hybridized carbons (Fsp3) is 0.222. The van der Waals surface area contributed by atoms with E-state index in [0.717, 1.165) is 11.3 Å². The maximum absolute atomic E-state index is 11.8. The largest absolute Gasteiger partial charge is 0.504 e. The Labute approximate surface area is 102 Å². The van der Waals surface area contributed by atoms with Gasteiger partial charge < -0.3 is 9.84 Å². The van der Waals surface area contributed by atoms with E-state index >= 15 is 0 Å². The summed E-state index contributed by atoms with van der Waals surface area (Å²) < 4.78 is 30.6. The number of hydrogen-bond acceptors (Lipinski definition) is 6. The quantitative estimate of drug-likeness (QED) is 0.835. The summed E-state index contributed by atoms with van der Waals surface area (Å²) in [5.41, 5.74) is -0.318. The smallest absolute Gasteiger partial charge is 0.263 e. The Morgan fingerprint density at radius 2 is 2.18 bits per heavy atom. The van der Waals surface area contributed by atoms with Crippen LogP contribution in [0.15, 0.2) is 16.7 Å². The lowest BCUT2D eigenvalue weighted by Crippen LogP contribution is -2.31. The van der Waals surface area contributed by atoms with E-state index in [1.807, 2.05) is 4.72 Å². The molecule has 0 amide bonds. The number of sulfonamides is 1. The molecule has 0 aromatic carbocycles. The second-order valence-corrected chi connectivity index (χ2v) is 6.01. The average Bonchev–Trinajstić information content (AvgIpc) is 2.68. The Morgan fingerprint density at radius 1 is 1.53 bits per heavy atom. The highest BCUT2D eigenvalue weighted by atomic mass is 32.2. The zero-order valence-corrected chi connectivity index (χ0v) is 10.6. The molecule has 1 aliphatic heterocycles. The first-order valence-electron chi connectivity index (χ1n) is 4.52. The number of fused-ring (bicyclic) bond motifs is 1. The molecule has 2 heterocycles. The number of aliphatic hydroxyl groups is 1. The normalized spacial score (nSPS) is 17.3. The van der Waals surface area contributed by atoms with Crippen molar-refractivity contribution in [1.29, 1.82) is 0 Å². The minimum atomic E-state index is -3.82. The molecule has 1 aromatic rings. The molecule has 0 radical (unpaired) electrons. The van der Waals surface area contributed by atoms with Gasteiger partial charge in [-0.1, -0.05) is 11.3 Å². The van der Waals surface area contributed by atoms with Crippen molar-refractivity contribution in [2.45, 2.75) is 11.8 Å². The molecule has 92 valence electrons. The Hall–Kier alpha value is -1.54. The van der Waals surface area contributed by atoms with Crippen LogP contribution in [-0.2, 0) is 14.8 Å². The molecule has 1 aromatic heterocycles. The van der Waals surface area contributed by atoms with Crippen LogP contribution in [0.2, 0.25) is 0 Å². The zero-order valence-electron chi connectivity index (χ0n) is 8.97. The van der Waals surface area contributed by atoms with Crippen molar-refractivity contribution in [3.8, 4) is 5.06 Å². The number of ketones is 1. The minimum absolute atomic E-state index is 0.0816. The summed E-state index contributed by atoms with van der Waals surface area (Å²) in [4.78, 5) is 11.2. The number of nitrogens with one attached hydrogen (secondary N) is 1. The summed E-state index contributed by atoms with van der Waals surface area (Å²) in [5, 5.41) is 10.2. The maximum Gasteiger partial charge on any atom is 0.263 e. The molecular formula is C9H9NO5S2. The molecule has 0 aliphatic carbocycles. The maximum atomic E-state index is 11.8. The number of Topliss-reactive ketones (excluding diaryl/α,β-unsaturated/α-hetero) is 1. The fourth-order valence-corrected chi connectivity index (χ4v) is 3.98. The van der Waals surface area contributed by atoms with Crippen molar-refractivity contribution in [2.75, 3.05) is 7.11 Å². The van der Waals surface area contributed by atoms with E-state index < -0.39 is 15.8 Å². The van der Waals surface area contributed by atoms with Crippen LogP contribution in [0.3, 0.4) is 0 Å². The molecule has 0 bridgehead atoms. The number of aliphatic hydroxyl groups excluding tert-OH is 1. The highest BCUT2D eigenvalue weighted by Crippen LogP contribution is 2.39. The van der Waals surface area contributed by atoms with Crippen LogP contribution in [0, 0.1) is 0 Å². The summed E-state index contributed by atoms with van der Waals surface area (Å²) in [5.74, 6) is -0.917. The van der Waals surface area contributed by atoms with Gasteiger partial charge in [-0.15, -0.1) is 0 Å². The second kappa shape index (κ2) is 3.74. The van der Waals surface area contributed by atoms with E-state index in [9.17, 15) is 18.3 Å². The minimum Gasteiger partial charge on any atom is -0.504 e. The summed E-state index contributed by atoms with van der Waals surface area (Å²) >= 11 is 0.965. The van der Waals surface area contributed by atoms with Crippen LogP contribution >= 0.6 is 11.3 Å². The topological polar surface area (TPSA) is 92.7 Å². The van der Waals surface area contributed by atoms with Gasteiger partial charge in [0, 0.05) is 13.0 Å². The average molecular weight is 275 g/mol. The summed E-state index contributed by atoms with van der Waals surface area (Å²) in [7, 11) is -2.42. The van der Waals surface area contributed by atoms with E-state index in [1.54, 1.807) is 0 Å². The third-order valence-corrected chi connectivity index (χ3v) is 4.81. The van der Waals surface area contributed by atoms with Gasteiger partial charge in [0.2, 0.25) is 0 Å². The third-order valence-electron chi connectivity index (χ3n) is 2.21. The molecule has 0 saturated carbocycles. The van der Waals surface area contributed by atoms with Gasteiger partial charge in [-0.3, -0.25) is 9.52 Å². The van der Waals surface area contributed by atoms with Crippen molar-refractivity contribution in [2.24, 2.45) is 0 Å². The number of ether oxygens (including phenoxy) is 1. The van der Waals surface area contributed by atoms with Crippen molar-refractivity contribution < 1.29 is 23.1 Å². The molecular weight excluding hydrogens is 266 g/mol. The molecule has 2 rings (SSSR count). The van der Waals surface area contributed by atoms with Crippen molar-refractivity contribution in [3.63, 3.8) is 0 Å². The van der Waals surface area contributed by atoms with Gasteiger partial charge in [0.1, 0.15) is 10.6 Å². The number of methoxy groups -OCH3 is 1. The molecule has 8 heteroatoms. The number of hydrogen-bond donors (Lipinski definition) is 2. The van der Waals surface area contributed by atoms with E-state index in [-0.39, 0.29) is 21.2 Å². The molecule has 0 unspecified atom stereocenters. The molecule has 2 N–H and O–H groups in total. The first kappa shape index (κ1) is 11.9. The zero-order chi connectivity index (χ0) is 12.8. The first-order chi connectivity index (χ1) is 7.86. The molecule has 0 spiro atoms. The van der Waals surface area contributed by atoms with E-state index in [1.165, 1.54) is 20.1 Å². The summed E-state index contributed by atoms with van der Waals surface area (Å²) in [6.45, 7) is 1.17. The van der Waals surface area contributed by atoms with Gasteiger partial charge in [0.15, 0.2) is 16.6 Å². The fourth-order valence-electron chi connectivity index (χ4n) is 1.41. The third kappa shape index (κ3) is 1.79. The van der Waals surface area contributed by atoms with E-state index in [2.05, 4.69) is 0 Å². The highest BCUT2D eigenvalue weighted by Gasteiger charge is 2.33. The Balaban J connectivity index is 2.74. The van der Waals surface area contributed by atoms with Gasteiger partial charge >= 0.3 is 0 Å². The standard InChI is InChI=1S/C9H9NO5S2/c1-4(11)7-8(12)9-5(17(13,14)10-7)3-6(15-2)16-9/h3,10,12H,1-2H3. The summed E-state index contributed by atoms with van der Waals surface area (Å²) in [6, 6.07) is 1.30. The van der Waals surface area contributed by atoms with E-state index in [0.29, 0.717) is 5.06 Å². The molecule has 0 atom stereocenters. The molecule has 0 saturated heterocycles. The van der Waals surface area contributed by atoms with Gasteiger partial charge in [-0.25, -0.2) is 8.42 Å². The van der Waals surface area contributed by atoms with Crippen LogP contribution in [0.4, 0.5) is 0 Å². The number of carbonyl (C=O) groups is 1. The molecule has 0 fully saturated rings. The van der Waals surface area contributed by atoms with Crippen LogP contribution in [0.25, 0.3) is 5.76 Å². The van der Waals surface area contributed by atoms with Crippen LogP contribution in [0.5, 0.6) is 5.06 Å². The van der Waals surface area contributed by atoms with Crippen LogP contribution < -0.4 is 9.46 Å². The van der Waals surface area contributed by atoms with Gasteiger partial charge in [-0.2, -0.15) is 0 Å². The van der Waals surface area contributed by atoms with Crippen LogP contribution in [0.1, 0.15) is 11.8 Å². The van der Waals surface area contributed by atoms with Crippen molar-refractivity contribution in [3.05, 3.63) is 16.6 Å². The van der Waals surface area contributed by atoms with Gasteiger partial charge in [-0.05, 0) is 0 Å². The summed E-state index contributed by atoms with van der Waals surface area (Å²) in [6.07, 6.45) is 0. The first-order valence-corrected chi connectivity index (χ1v) is 6.82. The predicted molar refractivity (Wildman–Crippen MR) is 61.4 cm³/mol. The lowest BCUT2D eigenvalue weighted by Gasteiger charge is -2.16. The SMILES string of the molecule is COc1cc2c(s1)C(O)=C(C(C)=O)NS2(=O)=O. The number of rotatable bonds is 2.